The van der Waals surface area contributed by atoms with Crippen molar-refractivity contribution in [3.05, 3.63) is 65.5 Å². The summed E-state index contributed by atoms with van der Waals surface area (Å²) in [5, 5.41) is 14.8. The fraction of sp³-hybridized carbons (Fsp3) is 0.211. The van der Waals surface area contributed by atoms with Crippen LogP contribution < -0.4 is 10.6 Å². The molecule has 0 bridgehead atoms. The van der Waals surface area contributed by atoms with Gasteiger partial charge in [-0.3, -0.25) is 4.79 Å². The Morgan fingerprint density at radius 1 is 1.25 bits per heavy atom. The van der Waals surface area contributed by atoms with Crippen molar-refractivity contribution in [2.24, 2.45) is 0 Å². The van der Waals surface area contributed by atoms with E-state index in [2.05, 4.69) is 29.5 Å². The number of aryl methyl sites for hydroxylation is 1. The van der Waals surface area contributed by atoms with E-state index in [-0.39, 0.29) is 5.57 Å². The topological polar surface area (TPSA) is 77.8 Å². The van der Waals surface area contributed by atoms with E-state index in [1.165, 1.54) is 11.8 Å². The van der Waals surface area contributed by atoms with Gasteiger partial charge < -0.3 is 10.6 Å². The monoisotopic (exact) mass is 320 g/mol. The maximum absolute atomic E-state index is 12.2. The summed E-state index contributed by atoms with van der Waals surface area (Å²) in [6.07, 6.45) is 3.01. The van der Waals surface area contributed by atoms with Gasteiger partial charge in [0, 0.05) is 18.1 Å². The Morgan fingerprint density at radius 3 is 2.54 bits per heavy atom. The first-order valence-electron chi connectivity index (χ1n) is 7.71. The predicted octanol–water partition coefficient (Wildman–Crippen LogP) is 3.97. The van der Waals surface area contributed by atoms with Crippen molar-refractivity contribution in [1.82, 2.24) is 4.98 Å². The first-order chi connectivity index (χ1) is 11.5. The molecule has 0 fully saturated rings. The van der Waals surface area contributed by atoms with Crippen molar-refractivity contribution in [3.63, 3.8) is 0 Å². The number of nitrogens with zero attached hydrogens (tertiary/aromatic N) is 2. The maximum Gasteiger partial charge on any atom is 0.267 e. The van der Waals surface area contributed by atoms with E-state index in [0.29, 0.717) is 17.4 Å². The summed E-state index contributed by atoms with van der Waals surface area (Å²) in [4.78, 5) is 16.4. The van der Waals surface area contributed by atoms with Gasteiger partial charge in [-0.1, -0.05) is 32.0 Å². The summed E-state index contributed by atoms with van der Waals surface area (Å²) in [5.41, 5.74) is 2.75. The Kier molecular flexibility index (Phi) is 5.69. The first kappa shape index (κ1) is 17.2. The van der Waals surface area contributed by atoms with Crippen molar-refractivity contribution in [1.29, 1.82) is 5.26 Å². The molecule has 5 nitrogen and oxygen atoms in total. The fourth-order valence-electron chi connectivity index (χ4n) is 2.08. The van der Waals surface area contributed by atoms with E-state index < -0.39 is 5.91 Å². The molecule has 0 saturated heterocycles. The lowest BCUT2D eigenvalue weighted by Gasteiger charge is -2.08. The number of pyridine rings is 1. The molecule has 0 aliphatic rings. The van der Waals surface area contributed by atoms with Crippen LogP contribution in [0.15, 0.2) is 54.4 Å². The Morgan fingerprint density at radius 2 is 1.96 bits per heavy atom. The zero-order valence-electron chi connectivity index (χ0n) is 14.0. The zero-order valence-corrected chi connectivity index (χ0v) is 14.0. The van der Waals surface area contributed by atoms with Gasteiger partial charge in [0.25, 0.3) is 5.91 Å². The minimum Gasteiger partial charge on any atom is -0.345 e. The minimum atomic E-state index is -0.462. The highest BCUT2D eigenvalue weighted by Gasteiger charge is 2.10. The van der Waals surface area contributed by atoms with Crippen LogP contribution in [-0.2, 0) is 4.79 Å². The minimum absolute atomic E-state index is 0.0204. The number of benzene rings is 1. The second kappa shape index (κ2) is 7.93. The second-order valence-electron chi connectivity index (χ2n) is 5.71. The molecule has 24 heavy (non-hydrogen) atoms. The number of nitriles is 1. The quantitative estimate of drug-likeness (QED) is 0.645. The summed E-state index contributed by atoms with van der Waals surface area (Å²) in [6.45, 7) is 6.11. The van der Waals surface area contributed by atoms with Crippen molar-refractivity contribution in [2.45, 2.75) is 26.7 Å². The number of hydrogen-bond donors (Lipinski definition) is 2. The molecule has 0 spiro atoms. The number of hydrogen-bond acceptors (Lipinski definition) is 4. The molecule has 0 aliphatic heterocycles. The van der Waals surface area contributed by atoms with Crippen LogP contribution in [0.2, 0.25) is 0 Å². The van der Waals surface area contributed by atoms with Crippen LogP contribution in [0.1, 0.15) is 30.9 Å². The lowest BCUT2D eigenvalue weighted by atomic mass is 10.0. The van der Waals surface area contributed by atoms with Gasteiger partial charge in [0.2, 0.25) is 0 Å². The van der Waals surface area contributed by atoms with Crippen LogP contribution in [-0.4, -0.2) is 10.9 Å². The Labute approximate surface area is 142 Å². The van der Waals surface area contributed by atoms with Gasteiger partial charge in [0.05, 0.1) is 0 Å². The summed E-state index contributed by atoms with van der Waals surface area (Å²) < 4.78 is 0. The van der Waals surface area contributed by atoms with E-state index in [4.69, 9.17) is 0 Å². The lowest BCUT2D eigenvalue weighted by Crippen LogP contribution is -2.14. The number of carbonyl (C=O) groups excluding carboxylic acids is 1. The molecule has 2 aromatic rings. The van der Waals surface area contributed by atoms with Crippen molar-refractivity contribution in [2.75, 3.05) is 10.6 Å². The van der Waals surface area contributed by atoms with Crippen LogP contribution >= 0.6 is 0 Å². The largest absolute Gasteiger partial charge is 0.345 e. The van der Waals surface area contributed by atoms with E-state index >= 15 is 0 Å². The standard InChI is InChI=1S/C19H20N4O/c1-13(2)15-6-8-17(9-7-15)23-19(24)16(11-20)12-22-18-14(3)5-4-10-21-18/h4-10,12-13H,1-3H3,(H,21,22)(H,23,24)/b16-12-. The summed E-state index contributed by atoms with van der Waals surface area (Å²) in [7, 11) is 0. The third-order valence-corrected chi connectivity index (χ3v) is 3.56. The molecule has 0 radical (unpaired) electrons. The second-order valence-corrected chi connectivity index (χ2v) is 5.71. The molecular weight excluding hydrogens is 300 g/mol. The van der Waals surface area contributed by atoms with Crippen LogP contribution in [0.3, 0.4) is 0 Å². The van der Waals surface area contributed by atoms with Gasteiger partial charge in [-0.2, -0.15) is 5.26 Å². The van der Waals surface area contributed by atoms with E-state index in [9.17, 15) is 10.1 Å². The maximum atomic E-state index is 12.2. The van der Waals surface area contributed by atoms with Gasteiger partial charge in [0.1, 0.15) is 17.5 Å². The summed E-state index contributed by atoms with van der Waals surface area (Å²) in [5.74, 6) is 0.574. The molecule has 122 valence electrons. The number of rotatable bonds is 5. The Hall–Kier alpha value is -3.13. The smallest absolute Gasteiger partial charge is 0.267 e. The van der Waals surface area contributed by atoms with Crippen LogP contribution in [0, 0.1) is 18.3 Å². The van der Waals surface area contributed by atoms with Crippen LogP contribution in [0.4, 0.5) is 11.5 Å². The number of amides is 1. The van der Waals surface area contributed by atoms with Crippen molar-refractivity contribution < 1.29 is 4.79 Å². The Bertz CT molecular complexity index is 786. The van der Waals surface area contributed by atoms with Crippen molar-refractivity contribution >= 4 is 17.4 Å². The van der Waals surface area contributed by atoms with Crippen molar-refractivity contribution in [3.8, 4) is 6.07 Å². The van der Waals surface area contributed by atoms with Gasteiger partial charge in [0.15, 0.2) is 0 Å². The number of anilines is 2. The van der Waals surface area contributed by atoms with Gasteiger partial charge in [-0.25, -0.2) is 4.98 Å². The molecule has 0 saturated carbocycles. The molecule has 0 unspecified atom stereocenters. The van der Waals surface area contributed by atoms with Gasteiger partial charge in [-0.15, -0.1) is 0 Å². The third-order valence-electron chi connectivity index (χ3n) is 3.56. The first-order valence-corrected chi connectivity index (χ1v) is 7.71. The molecule has 1 heterocycles. The average Bonchev–Trinajstić information content (AvgIpc) is 2.57. The number of aromatic nitrogens is 1. The summed E-state index contributed by atoms with van der Waals surface area (Å²) in [6, 6.07) is 13.2. The molecule has 2 N–H and O–H groups in total. The molecular formula is C19H20N4O. The van der Waals surface area contributed by atoms with Crippen LogP contribution in [0.25, 0.3) is 0 Å². The molecule has 1 aromatic heterocycles. The average molecular weight is 320 g/mol. The number of carbonyl (C=O) groups is 1. The van der Waals surface area contributed by atoms with E-state index in [1.54, 1.807) is 6.20 Å². The molecule has 1 aromatic carbocycles. The predicted molar refractivity (Wildman–Crippen MR) is 95.5 cm³/mol. The normalized spacial score (nSPS) is 11.0. The van der Waals surface area contributed by atoms with Gasteiger partial charge >= 0.3 is 0 Å². The number of nitrogens with one attached hydrogen (secondary N) is 2. The summed E-state index contributed by atoms with van der Waals surface area (Å²) >= 11 is 0. The van der Waals surface area contributed by atoms with E-state index in [1.807, 2.05) is 49.4 Å². The van der Waals surface area contributed by atoms with Gasteiger partial charge in [-0.05, 0) is 42.2 Å². The zero-order chi connectivity index (χ0) is 17.5. The molecule has 1 amide bonds. The highest BCUT2D eigenvalue weighted by molar-refractivity contribution is 6.06. The highest BCUT2D eigenvalue weighted by atomic mass is 16.1. The molecule has 2 rings (SSSR count). The molecule has 0 aliphatic carbocycles. The van der Waals surface area contributed by atoms with Crippen LogP contribution in [0.5, 0.6) is 0 Å². The lowest BCUT2D eigenvalue weighted by molar-refractivity contribution is -0.112. The molecule has 0 atom stereocenters. The SMILES string of the molecule is Cc1cccnc1N/C=C(/C#N)C(=O)Nc1ccc(C(C)C)cc1. The molecule has 5 heteroatoms. The van der Waals surface area contributed by atoms with E-state index in [0.717, 1.165) is 5.56 Å². The third kappa shape index (κ3) is 4.43. The highest BCUT2D eigenvalue weighted by Crippen LogP contribution is 2.17. The fourth-order valence-corrected chi connectivity index (χ4v) is 2.08. The Balaban J connectivity index is 2.07.